The van der Waals surface area contributed by atoms with Gasteiger partial charge in [0.1, 0.15) is 12.4 Å². The van der Waals surface area contributed by atoms with Gasteiger partial charge in [-0.1, -0.05) is 17.9 Å². The molecule has 0 unspecified atom stereocenters. The van der Waals surface area contributed by atoms with Crippen LogP contribution in [0.3, 0.4) is 0 Å². The summed E-state index contributed by atoms with van der Waals surface area (Å²) < 4.78 is 5.77. The van der Waals surface area contributed by atoms with Gasteiger partial charge in [0.15, 0.2) is 0 Å². The van der Waals surface area contributed by atoms with Gasteiger partial charge >= 0.3 is 0 Å². The van der Waals surface area contributed by atoms with Gasteiger partial charge in [-0.25, -0.2) is 0 Å². The molecule has 0 atom stereocenters. The quantitative estimate of drug-likeness (QED) is 0.881. The number of ether oxygens (including phenoxy) is 1. The molecule has 3 nitrogen and oxygen atoms in total. The van der Waals surface area contributed by atoms with Crippen LogP contribution >= 0.6 is 11.3 Å². The third-order valence-electron chi connectivity index (χ3n) is 2.66. The minimum atomic E-state index is 0.365. The van der Waals surface area contributed by atoms with Crippen molar-refractivity contribution >= 4 is 11.3 Å². The first-order valence-electron chi connectivity index (χ1n) is 6.14. The molecule has 0 spiro atoms. The van der Waals surface area contributed by atoms with E-state index >= 15 is 0 Å². The predicted molar refractivity (Wildman–Crippen MR) is 80.5 cm³/mol. The second-order valence-electron chi connectivity index (χ2n) is 4.15. The Kier molecular flexibility index (Phi) is 4.79. The summed E-state index contributed by atoms with van der Waals surface area (Å²) in [6.07, 6.45) is 0. The Morgan fingerprint density at radius 2 is 2.15 bits per heavy atom. The molecule has 0 saturated heterocycles. The number of nitrogens with zero attached hydrogens (tertiary/aromatic N) is 1. The summed E-state index contributed by atoms with van der Waals surface area (Å²) in [7, 11) is 0. The summed E-state index contributed by atoms with van der Waals surface area (Å²) in [5.41, 5.74) is 6.96. The molecule has 0 fully saturated rings. The third kappa shape index (κ3) is 3.61. The van der Waals surface area contributed by atoms with Crippen molar-refractivity contribution in [3.8, 4) is 23.7 Å². The lowest BCUT2D eigenvalue weighted by Crippen LogP contribution is -1.95. The van der Waals surface area contributed by atoms with Gasteiger partial charge < -0.3 is 10.5 Å². The molecule has 100 valence electrons. The Morgan fingerprint density at radius 1 is 1.30 bits per heavy atom. The molecule has 0 bridgehead atoms. The Hall–Kier alpha value is -2.27. The van der Waals surface area contributed by atoms with Crippen LogP contribution in [0.1, 0.15) is 20.9 Å². The topological polar surface area (TPSA) is 59.0 Å². The monoisotopic (exact) mass is 282 g/mol. The van der Waals surface area contributed by atoms with Crippen LogP contribution in [-0.2, 0) is 6.61 Å². The van der Waals surface area contributed by atoms with E-state index in [1.165, 1.54) is 0 Å². The van der Waals surface area contributed by atoms with Crippen molar-refractivity contribution in [1.29, 1.82) is 5.26 Å². The molecule has 0 amide bonds. The summed E-state index contributed by atoms with van der Waals surface area (Å²) >= 11 is 1.59. The van der Waals surface area contributed by atoms with E-state index in [-0.39, 0.29) is 0 Å². The first-order valence-corrected chi connectivity index (χ1v) is 6.96. The van der Waals surface area contributed by atoms with Gasteiger partial charge in [-0.05, 0) is 36.8 Å². The second-order valence-corrected chi connectivity index (χ2v) is 5.32. The third-order valence-corrected chi connectivity index (χ3v) is 3.64. The average molecular weight is 282 g/mol. The van der Waals surface area contributed by atoms with Crippen molar-refractivity contribution in [2.75, 3.05) is 6.54 Å². The maximum atomic E-state index is 8.90. The van der Waals surface area contributed by atoms with E-state index in [1.807, 2.05) is 25.1 Å². The fourth-order valence-electron chi connectivity index (χ4n) is 1.63. The smallest absolute Gasteiger partial charge is 0.124 e. The fraction of sp³-hybridized carbons (Fsp3) is 0.188. The first-order chi connectivity index (χ1) is 9.72. The lowest BCUT2D eigenvalue weighted by Gasteiger charge is -2.08. The molecule has 0 saturated carbocycles. The van der Waals surface area contributed by atoms with Crippen LogP contribution in [0.15, 0.2) is 30.3 Å². The molecule has 0 aliphatic carbocycles. The van der Waals surface area contributed by atoms with Gasteiger partial charge in [0.2, 0.25) is 0 Å². The number of nitrogens with two attached hydrogens (primary N) is 1. The predicted octanol–water partition coefficient (Wildman–Crippen LogP) is 2.82. The molecular formula is C16H14N2OS. The van der Waals surface area contributed by atoms with Crippen molar-refractivity contribution in [3.05, 3.63) is 51.2 Å². The Bertz CT molecular complexity index is 701. The van der Waals surface area contributed by atoms with Gasteiger partial charge in [0, 0.05) is 4.88 Å². The number of aryl methyl sites for hydroxylation is 1. The molecule has 20 heavy (non-hydrogen) atoms. The van der Waals surface area contributed by atoms with E-state index in [9.17, 15) is 0 Å². The summed E-state index contributed by atoms with van der Waals surface area (Å²) in [5.74, 6) is 6.57. The maximum Gasteiger partial charge on any atom is 0.124 e. The van der Waals surface area contributed by atoms with E-state index < -0.39 is 0 Å². The molecule has 1 aromatic heterocycles. The van der Waals surface area contributed by atoms with Crippen LogP contribution in [0.5, 0.6) is 5.75 Å². The highest BCUT2D eigenvalue weighted by molar-refractivity contribution is 7.12. The lowest BCUT2D eigenvalue weighted by molar-refractivity contribution is 0.307. The zero-order chi connectivity index (χ0) is 14.4. The van der Waals surface area contributed by atoms with Crippen molar-refractivity contribution < 1.29 is 4.74 Å². The van der Waals surface area contributed by atoms with E-state index in [2.05, 4.69) is 17.9 Å². The SMILES string of the molecule is Cc1ccc(C#N)cc1OCc1ccc(C#CCN)s1. The van der Waals surface area contributed by atoms with Crippen LogP contribution in [0.25, 0.3) is 0 Å². The molecule has 4 heteroatoms. The first kappa shape index (κ1) is 14.1. The maximum absolute atomic E-state index is 8.90. The van der Waals surface area contributed by atoms with Gasteiger partial charge in [0.05, 0.1) is 23.1 Å². The highest BCUT2D eigenvalue weighted by Gasteiger charge is 2.04. The largest absolute Gasteiger partial charge is 0.488 e. The van der Waals surface area contributed by atoms with Crippen molar-refractivity contribution in [2.45, 2.75) is 13.5 Å². The summed E-state index contributed by atoms with van der Waals surface area (Å²) in [5, 5.41) is 8.90. The molecule has 0 aliphatic heterocycles. The molecule has 0 radical (unpaired) electrons. The molecule has 1 aromatic carbocycles. The standard InChI is InChI=1S/C16H14N2OS/c1-12-4-5-13(10-18)9-16(12)19-11-15-7-6-14(20-15)3-2-8-17/h4-7,9H,8,11,17H2,1H3. The zero-order valence-corrected chi connectivity index (χ0v) is 12.0. The number of rotatable bonds is 3. The Morgan fingerprint density at radius 3 is 2.90 bits per heavy atom. The highest BCUT2D eigenvalue weighted by Crippen LogP contribution is 2.22. The number of nitriles is 1. The van der Waals surface area contributed by atoms with Gasteiger partial charge in [0.25, 0.3) is 0 Å². The van der Waals surface area contributed by atoms with Crippen LogP contribution in [0.2, 0.25) is 0 Å². The van der Waals surface area contributed by atoms with E-state index in [0.29, 0.717) is 18.7 Å². The van der Waals surface area contributed by atoms with Gasteiger partial charge in [-0.2, -0.15) is 5.26 Å². The summed E-state index contributed by atoms with van der Waals surface area (Å²) in [6, 6.07) is 11.5. The second kappa shape index (κ2) is 6.77. The van der Waals surface area contributed by atoms with E-state index in [4.69, 9.17) is 15.7 Å². The number of benzene rings is 1. The number of hydrogen-bond donors (Lipinski definition) is 1. The van der Waals surface area contributed by atoms with Gasteiger partial charge in [-0.15, -0.1) is 11.3 Å². The van der Waals surface area contributed by atoms with E-state index in [0.717, 1.165) is 21.1 Å². The minimum absolute atomic E-state index is 0.365. The van der Waals surface area contributed by atoms with Crippen molar-refractivity contribution in [2.24, 2.45) is 5.73 Å². The lowest BCUT2D eigenvalue weighted by atomic mass is 10.1. The Balaban J connectivity index is 2.05. The molecule has 2 aromatic rings. The number of hydrogen-bond acceptors (Lipinski definition) is 4. The number of thiophene rings is 1. The highest BCUT2D eigenvalue weighted by atomic mass is 32.1. The van der Waals surface area contributed by atoms with Crippen LogP contribution < -0.4 is 10.5 Å². The summed E-state index contributed by atoms with van der Waals surface area (Å²) in [6.45, 7) is 2.80. The normalized spacial score (nSPS) is 9.45. The van der Waals surface area contributed by atoms with Crippen LogP contribution in [0.4, 0.5) is 0 Å². The molecule has 1 heterocycles. The minimum Gasteiger partial charge on any atom is -0.488 e. The van der Waals surface area contributed by atoms with Crippen molar-refractivity contribution in [1.82, 2.24) is 0 Å². The van der Waals surface area contributed by atoms with Crippen molar-refractivity contribution in [3.63, 3.8) is 0 Å². The summed E-state index contributed by atoms with van der Waals surface area (Å²) in [4.78, 5) is 2.07. The molecule has 2 N–H and O–H groups in total. The molecule has 0 aliphatic rings. The fourth-order valence-corrected chi connectivity index (χ4v) is 2.43. The zero-order valence-electron chi connectivity index (χ0n) is 11.1. The molecular weight excluding hydrogens is 268 g/mol. The van der Waals surface area contributed by atoms with Crippen LogP contribution in [-0.4, -0.2) is 6.54 Å². The van der Waals surface area contributed by atoms with Crippen LogP contribution in [0, 0.1) is 30.1 Å². The Labute approximate surface area is 122 Å². The molecule has 2 rings (SSSR count). The van der Waals surface area contributed by atoms with E-state index in [1.54, 1.807) is 23.5 Å². The van der Waals surface area contributed by atoms with Gasteiger partial charge in [-0.3, -0.25) is 0 Å². The average Bonchev–Trinajstić information content (AvgIpc) is 2.92.